The van der Waals surface area contributed by atoms with Crippen LogP contribution in [-0.2, 0) is 11.3 Å². The average molecular weight is 263 g/mol. The Morgan fingerprint density at radius 3 is 2.95 bits per heavy atom. The highest BCUT2D eigenvalue weighted by molar-refractivity contribution is 5.75. The third-order valence-corrected chi connectivity index (χ3v) is 2.46. The molecule has 0 saturated heterocycles. The van der Waals surface area contributed by atoms with E-state index in [0.29, 0.717) is 6.54 Å². The lowest BCUT2D eigenvalue weighted by atomic mass is 10.3. The van der Waals surface area contributed by atoms with Crippen LogP contribution in [0.5, 0.6) is 5.75 Å². The highest BCUT2D eigenvalue weighted by Crippen LogP contribution is 2.15. The van der Waals surface area contributed by atoms with Crippen molar-refractivity contribution >= 4 is 5.91 Å². The summed E-state index contributed by atoms with van der Waals surface area (Å²) >= 11 is 0. The predicted molar refractivity (Wildman–Crippen MR) is 66.9 cm³/mol. The quantitative estimate of drug-likeness (QED) is 0.832. The zero-order valence-corrected chi connectivity index (χ0v) is 10.2. The van der Waals surface area contributed by atoms with Gasteiger partial charge in [-0.05, 0) is 18.2 Å². The maximum absolute atomic E-state index is 13.2. The summed E-state index contributed by atoms with van der Waals surface area (Å²) in [6, 6.07) is 7.87. The molecular formula is C13H14FN3O2. The van der Waals surface area contributed by atoms with Crippen LogP contribution in [0.1, 0.15) is 12.1 Å². The van der Waals surface area contributed by atoms with Crippen LogP contribution in [-0.4, -0.2) is 22.7 Å². The van der Waals surface area contributed by atoms with Gasteiger partial charge in [-0.1, -0.05) is 12.1 Å². The Bertz CT molecular complexity index is 528. The SMILES string of the molecule is O=C(CCOc1ccccc1F)NCc1ccn[nH]1. The highest BCUT2D eigenvalue weighted by atomic mass is 19.1. The van der Waals surface area contributed by atoms with Crippen LogP contribution in [0.2, 0.25) is 0 Å². The Balaban J connectivity index is 1.68. The Kier molecular flexibility index (Phi) is 4.49. The van der Waals surface area contributed by atoms with E-state index >= 15 is 0 Å². The average Bonchev–Trinajstić information content (AvgIpc) is 2.92. The summed E-state index contributed by atoms with van der Waals surface area (Å²) < 4.78 is 18.4. The minimum Gasteiger partial charge on any atom is -0.490 e. The normalized spacial score (nSPS) is 10.2. The van der Waals surface area contributed by atoms with Gasteiger partial charge in [0.15, 0.2) is 11.6 Å². The molecule has 0 radical (unpaired) electrons. The summed E-state index contributed by atoms with van der Waals surface area (Å²) in [7, 11) is 0. The number of hydrogen-bond donors (Lipinski definition) is 2. The molecule has 1 heterocycles. The Labute approximate surface area is 109 Å². The first-order valence-electron chi connectivity index (χ1n) is 5.88. The molecule has 0 fully saturated rings. The standard InChI is InChI=1S/C13H14FN3O2/c14-11-3-1-2-4-12(11)19-8-6-13(18)15-9-10-5-7-16-17-10/h1-5,7H,6,8-9H2,(H,15,18)(H,16,17). The minimum absolute atomic E-state index is 0.135. The monoisotopic (exact) mass is 263 g/mol. The number of para-hydroxylation sites is 1. The van der Waals surface area contributed by atoms with E-state index in [1.54, 1.807) is 24.4 Å². The molecule has 0 unspecified atom stereocenters. The van der Waals surface area contributed by atoms with E-state index in [-0.39, 0.29) is 24.7 Å². The molecule has 100 valence electrons. The number of hydrogen-bond acceptors (Lipinski definition) is 3. The van der Waals surface area contributed by atoms with Crippen LogP contribution >= 0.6 is 0 Å². The zero-order valence-electron chi connectivity index (χ0n) is 10.2. The third kappa shape index (κ3) is 4.09. The minimum atomic E-state index is -0.430. The van der Waals surface area contributed by atoms with Gasteiger partial charge in [0.2, 0.25) is 5.91 Å². The summed E-state index contributed by atoms with van der Waals surface area (Å²) in [5.74, 6) is -0.435. The van der Waals surface area contributed by atoms with Gasteiger partial charge in [-0.3, -0.25) is 9.89 Å². The van der Waals surface area contributed by atoms with Crippen LogP contribution in [0, 0.1) is 5.82 Å². The van der Waals surface area contributed by atoms with Gasteiger partial charge in [0.25, 0.3) is 0 Å². The fourth-order valence-electron chi connectivity index (χ4n) is 1.48. The molecule has 1 aromatic heterocycles. The van der Waals surface area contributed by atoms with Crippen LogP contribution < -0.4 is 10.1 Å². The van der Waals surface area contributed by atoms with Gasteiger partial charge in [0.05, 0.1) is 25.3 Å². The number of aromatic amines is 1. The van der Waals surface area contributed by atoms with Crippen molar-refractivity contribution in [1.29, 1.82) is 0 Å². The van der Waals surface area contributed by atoms with Crippen molar-refractivity contribution in [2.45, 2.75) is 13.0 Å². The van der Waals surface area contributed by atoms with Crippen molar-refractivity contribution in [2.75, 3.05) is 6.61 Å². The van der Waals surface area contributed by atoms with Crippen molar-refractivity contribution < 1.29 is 13.9 Å². The van der Waals surface area contributed by atoms with Gasteiger partial charge in [-0.2, -0.15) is 5.10 Å². The molecular weight excluding hydrogens is 249 g/mol. The number of H-pyrrole nitrogens is 1. The second-order valence-corrected chi connectivity index (χ2v) is 3.89. The van der Waals surface area contributed by atoms with E-state index in [1.165, 1.54) is 12.1 Å². The van der Waals surface area contributed by atoms with Gasteiger partial charge in [0, 0.05) is 6.20 Å². The lowest BCUT2D eigenvalue weighted by Gasteiger charge is -2.07. The predicted octanol–water partition coefficient (Wildman–Crippen LogP) is 1.63. The number of nitrogens with zero attached hydrogens (tertiary/aromatic N) is 1. The molecule has 0 aliphatic heterocycles. The molecule has 0 saturated carbocycles. The van der Waals surface area contributed by atoms with Gasteiger partial charge < -0.3 is 10.1 Å². The number of ether oxygens (including phenoxy) is 1. The largest absolute Gasteiger partial charge is 0.490 e. The first-order chi connectivity index (χ1) is 9.25. The first kappa shape index (κ1) is 13.1. The molecule has 0 atom stereocenters. The summed E-state index contributed by atoms with van der Waals surface area (Å²) in [5, 5.41) is 9.21. The molecule has 0 spiro atoms. The Morgan fingerprint density at radius 2 is 2.21 bits per heavy atom. The van der Waals surface area contributed by atoms with Crippen molar-refractivity contribution in [3.05, 3.63) is 48.0 Å². The molecule has 2 N–H and O–H groups in total. The molecule has 0 aliphatic rings. The van der Waals surface area contributed by atoms with Gasteiger partial charge in [-0.15, -0.1) is 0 Å². The fourth-order valence-corrected chi connectivity index (χ4v) is 1.48. The molecule has 1 aromatic carbocycles. The summed E-state index contributed by atoms with van der Waals surface area (Å²) in [4.78, 5) is 11.5. The van der Waals surface area contributed by atoms with Crippen molar-refractivity contribution in [3.8, 4) is 5.75 Å². The maximum atomic E-state index is 13.2. The third-order valence-electron chi connectivity index (χ3n) is 2.46. The van der Waals surface area contributed by atoms with Crippen LogP contribution in [0.25, 0.3) is 0 Å². The van der Waals surface area contributed by atoms with Crippen LogP contribution in [0.15, 0.2) is 36.5 Å². The molecule has 0 aliphatic carbocycles. The molecule has 19 heavy (non-hydrogen) atoms. The van der Waals surface area contributed by atoms with Crippen LogP contribution in [0.3, 0.4) is 0 Å². The number of rotatable bonds is 6. The number of carbonyl (C=O) groups excluding carboxylic acids is 1. The molecule has 6 heteroatoms. The van der Waals surface area contributed by atoms with Crippen molar-refractivity contribution in [3.63, 3.8) is 0 Å². The molecule has 2 aromatic rings. The fraction of sp³-hybridized carbons (Fsp3) is 0.231. The number of amides is 1. The van der Waals surface area contributed by atoms with E-state index in [2.05, 4.69) is 15.5 Å². The lowest BCUT2D eigenvalue weighted by Crippen LogP contribution is -2.24. The second kappa shape index (κ2) is 6.53. The van der Waals surface area contributed by atoms with E-state index in [1.807, 2.05) is 0 Å². The van der Waals surface area contributed by atoms with Crippen molar-refractivity contribution in [2.24, 2.45) is 0 Å². The van der Waals surface area contributed by atoms with E-state index < -0.39 is 5.82 Å². The van der Waals surface area contributed by atoms with Gasteiger partial charge in [-0.25, -0.2) is 4.39 Å². The maximum Gasteiger partial charge on any atom is 0.223 e. The number of benzene rings is 1. The summed E-state index contributed by atoms with van der Waals surface area (Å²) in [5.41, 5.74) is 0.823. The number of halogens is 1. The van der Waals surface area contributed by atoms with Gasteiger partial charge in [0.1, 0.15) is 0 Å². The van der Waals surface area contributed by atoms with E-state index in [4.69, 9.17) is 4.74 Å². The number of carbonyl (C=O) groups is 1. The lowest BCUT2D eigenvalue weighted by molar-refractivity contribution is -0.121. The molecule has 5 nitrogen and oxygen atoms in total. The van der Waals surface area contributed by atoms with E-state index in [9.17, 15) is 9.18 Å². The van der Waals surface area contributed by atoms with Crippen molar-refractivity contribution in [1.82, 2.24) is 15.5 Å². The Hall–Kier alpha value is -2.37. The summed E-state index contributed by atoms with van der Waals surface area (Å²) in [6.45, 7) is 0.522. The molecule has 0 bridgehead atoms. The van der Waals surface area contributed by atoms with E-state index in [0.717, 1.165) is 5.69 Å². The first-order valence-corrected chi connectivity index (χ1v) is 5.88. The van der Waals surface area contributed by atoms with Crippen LogP contribution in [0.4, 0.5) is 4.39 Å². The zero-order chi connectivity index (χ0) is 13.5. The molecule has 1 amide bonds. The smallest absolute Gasteiger partial charge is 0.223 e. The summed E-state index contributed by atoms with van der Waals surface area (Å²) in [6.07, 6.45) is 1.78. The highest BCUT2D eigenvalue weighted by Gasteiger charge is 2.05. The topological polar surface area (TPSA) is 67.0 Å². The Morgan fingerprint density at radius 1 is 1.37 bits per heavy atom. The van der Waals surface area contributed by atoms with Gasteiger partial charge >= 0.3 is 0 Å². The number of nitrogens with one attached hydrogen (secondary N) is 2. The number of aromatic nitrogens is 2. The second-order valence-electron chi connectivity index (χ2n) is 3.89. The molecule has 2 rings (SSSR count).